The molecule has 5 nitrogen and oxygen atoms in total. The summed E-state index contributed by atoms with van der Waals surface area (Å²) in [5, 5.41) is 11.1. The van der Waals surface area contributed by atoms with Crippen LogP contribution in [0.15, 0.2) is 12.7 Å². The summed E-state index contributed by atoms with van der Waals surface area (Å²) in [6.07, 6.45) is 3.26. The van der Waals surface area contributed by atoms with E-state index in [0.29, 0.717) is 18.9 Å². The number of aromatic nitrogens is 3. The van der Waals surface area contributed by atoms with Crippen LogP contribution in [-0.4, -0.2) is 21.5 Å². The Morgan fingerprint density at radius 2 is 2.18 bits per heavy atom. The largest absolute Gasteiger partial charge is 0.353 e. The minimum Gasteiger partial charge on any atom is -0.353 e. The molecule has 0 aromatic carbocycles. The van der Waals surface area contributed by atoms with Gasteiger partial charge in [-0.15, -0.1) is 0 Å². The third-order valence-electron chi connectivity index (χ3n) is 1.01. The normalized spacial score (nSPS) is 8.64. The Morgan fingerprint density at radius 1 is 1.45 bits per heavy atom. The Hall–Kier alpha value is -1.70. The van der Waals surface area contributed by atoms with Gasteiger partial charge in [0.05, 0.1) is 12.5 Å². The zero-order valence-electron chi connectivity index (χ0n) is 5.86. The van der Waals surface area contributed by atoms with Crippen LogP contribution in [0.4, 0.5) is 5.95 Å². The van der Waals surface area contributed by atoms with Crippen LogP contribution < -0.4 is 5.32 Å². The predicted molar refractivity (Wildman–Crippen MR) is 38.5 cm³/mol. The average Bonchev–Trinajstić information content (AvgIpc) is 2.07. The summed E-state index contributed by atoms with van der Waals surface area (Å²) in [6.45, 7) is 0.570. The van der Waals surface area contributed by atoms with E-state index >= 15 is 0 Å². The van der Waals surface area contributed by atoms with E-state index in [1.165, 1.54) is 12.7 Å². The SMILES string of the molecule is N#CCCNc1ncncn1. The maximum atomic E-state index is 8.20. The summed E-state index contributed by atoms with van der Waals surface area (Å²) in [6, 6.07) is 2.00. The lowest BCUT2D eigenvalue weighted by Gasteiger charge is -1.97. The molecule has 0 amide bonds. The fourth-order valence-corrected chi connectivity index (χ4v) is 0.561. The molecular formula is C6H7N5. The minimum atomic E-state index is 0.450. The van der Waals surface area contributed by atoms with E-state index in [9.17, 15) is 0 Å². The second-order valence-electron chi connectivity index (χ2n) is 1.80. The molecule has 1 N–H and O–H groups in total. The molecule has 0 atom stereocenters. The molecule has 56 valence electrons. The zero-order chi connectivity index (χ0) is 7.94. The monoisotopic (exact) mass is 149 g/mol. The zero-order valence-corrected chi connectivity index (χ0v) is 5.86. The molecule has 1 aromatic heterocycles. The standard InChI is InChI=1S/C6H7N5/c7-2-1-3-9-6-10-4-8-5-11-6/h4-5H,1,3H2,(H,8,9,10,11). The molecule has 0 aliphatic heterocycles. The van der Waals surface area contributed by atoms with Crippen LogP contribution in [0.2, 0.25) is 0 Å². The van der Waals surface area contributed by atoms with Crippen molar-refractivity contribution in [3.8, 4) is 6.07 Å². The molecule has 0 aliphatic rings. The summed E-state index contributed by atoms with van der Waals surface area (Å²) in [5.41, 5.74) is 0. The van der Waals surface area contributed by atoms with Crippen molar-refractivity contribution >= 4 is 5.95 Å². The summed E-state index contributed by atoms with van der Waals surface area (Å²) >= 11 is 0. The van der Waals surface area contributed by atoms with Gasteiger partial charge < -0.3 is 5.32 Å². The smallest absolute Gasteiger partial charge is 0.225 e. The minimum absolute atomic E-state index is 0.450. The van der Waals surface area contributed by atoms with E-state index in [4.69, 9.17) is 5.26 Å². The van der Waals surface area contributed by atoms with Crippen molar-refractivity contribution in [2.75, 3.05) is 11.9 Å². The Morgan fingerprint density at radius 3 is 2.82 bits per heavy atom. The van der Waals surface area contributed by atoms with Gasteiger partial charge in [0.1, 0.15) is 12.7 Å². The van der Waals surface area contributed by atoms with E-state index in [2.05, 4.69) is 20.3 Å². The first-order chi connectivity index (χ1) is 5.43. The fourth-order valence-electron chi connectivity index (χ4n) is 0.561. The topological polar surface area (TPSA) is 74.5 Å². The highest BCUT2D eigenvalue weighted by atomic mass is 15.1. The first kappa shape index (κ1) is 7.41. The lowest BCUT2D eigenvalue weighted by Crippen LogP contribution is -2.04. The van der Waals surface area contributed by atoms with Crippen molar-refractivity contribution < 1.29 is 0 Å². The Balaban J connectivity index is 2.35. The van der Waals surface area contributed by atoms with Gasteiger partial charge in [0.2, 0.25) is 5.95 Å². The molecule has 0 fully saturated rings. The Kier molecular flexibility index (Phi) is 2.81. The quantitative estimate of drug-likeness (QED) is 0.621. The first-order valence-corrected chi connectivity index (χ1v) is 3.16. The molecule has 0 unspecified atom stereocenters. The van der Waals surface area contributed by atoms with Crippen molar-refractivity contribution in [3.05, 3.63) is 12.7 Å². The molecule has 0 aliphatic carbocycles. The summed E-state index contributed by atoms with van der Waals surface area (Å²) in [5.74, 6) is 0.509. The van der Waals surface area contributed by atoms with Crippen molar-refractivity contribution in [1.82, 2.24) is 15.0 Å². The van der Waals surface area contributed by atoms with Crippen LogP contribution in [0.3, 0.4) is 0 Å². The lowest BCUT2D eigenvalue weighted by atomic mass is 10.5. The Labute approximate surface area is 64.1 Å². The second kappa shape index (κ2) is 4.17. The summed E-state index contributed by atoms with van der Waals surface area (Å²) in [4.78, 5) is 11.3. The van der Waals surface area contributed by atoms with E-state index < -0.39 is 0 Å². The van der Waals surface area contributed by atoms with Gasteiger partial charge in [-0.25, -0.2) is 15.0 Å². The van der Waals surface area contributed by atoms with Crippen LogP contribution in [0.5, 0.6) is 0 Å². The van der Waals surface area contributed by atoms with E-state index in [-0.39, 0.29) is 0 Å². The van der Waals surface area contributed by atoms with Gasteiger partial charge in [-0.1, -0.05) is 0 Å². The number of nitriles is 1. The van der Waals surface area contributed by atoms with Crippen molar-refractivity contribution in [3.63, 3.8) is 0 Å². The van der Waals surface area contributed by atoms with Gasteiger partial charge >= 0.3 is 0 Å². The molecular weight excluding hydrogens is 142 g/mol. The predicted octanol–water partition coefficient (Wildman–Crippen LogP) is 0.197. The van der Waals surface area contributed by atoms with E-state index in [0.717, 1.165) is 0 Å². The first-order valence-electron chi connectivity index (χ1n) is 3.16. The van der Waals surface area contributed by atoms with Gasteiger partial charge in [0.25, 0.3) is 0 Å². The average molecular weight is 149 g/mol. The van der Waals surface area contributed by atoms with E-state index in [1.54, 1.807) is 0 Å². The van der Waals surface area contributed by atoms with Crippen LogP contribution in [0.1, 0.15) is 6.42 Å². The Bertz CT molecular complexity index is 239. The molecule has 5 heteroatoms. The third kappa shape index (κ3) is 2.58. The number of anilines is 1. The van der Waals surface area contributed by atoms with Gasteiger partial charge in [0, 0.05) is 6.54 Å². The van der Waals surface area contributed by atoms with E-state index in [1.807, 2.05) is 6.07 Å². The van der Waals surface area contributed by atoms with Crippen molar-refractivity contribution in [1.29, 1.82) is 5.26 Å². The van der Waals surface area contributed by atoms with Gasteiger partial charge in [-0.05, 0) is 0 Å². The molecule has 0 radical (unpaired) electrons. The number of rotatable bonds is 3. The molecule has 11 heavy (non-hydrogen) atoms. The second-order valence-corrected chi connectivity index (χ2v) is 1.80. The van der Waals surface area contributed by atoms with Crippen LogP contribution in [0.25, 0.3) is 0 Å². The molecule has 0 spiro atoms. The van der Waals surface area contributed by atoms with Gasteiger partial charge in [-0.3, -0.25) is 0 Å². The van der Waals surface area contributed by atoms with Crippen LogP contribution in [0, 0.1) is 11.3 Å². The highest BCUT2D eigenvalue weighted by Crippen LogP contribution is 1.90. The summed E-state index contributed by atoms with van der Waals surface area (Å²) < 4.78 is 0. The molecule has 1 rings (SSSR count). The number of hydrogen-bond donors (Lipinski definition) is 1. The van der Waals surface area contributed by atoms with Crippen LogP contribution >= 0.6 is 0 Å². The maximum Gasteiger partial charge on any atom is 0.225 e. The molecule has 0 saturated carbocycles. The maximum absolute atomic E-state index is 8.20. The number of nitrogens with zero attached hydrogens (tertiary/aromatic N) is 4. The highest BCUT2D eigenvalue weighted by Gasteiger charge is 1.89. The van der Waals surface area contributed by atoms with Crippen LogP contribution in [-0.2, 0) is 0 Å². The summed E-state index contributed by atoms with van der Waals surface area (Å²) in [7, 11) is 0. The van der Waals surface area contributed by atoms with Gasteiger partial charge in [-0.2, -0.15) is 5.26 Å². The van der Waals surface area contributed by atoms with Gasteiger partial charge in [0.15, 0.2) is 0 Å². The molecule has 1 heterocycles. The number of nitrogens with one attached hydrogen (secondary N) is 1. The third-order valence-corrected chi connectivity index (χ3v) is 1.01. The fraction of sp³-hybridized carbons (Fsp3) is 0.333. The highest BCUT2D eigenvalue weighted by molar-refractivity contribution is 5.20. The lowest BCUT2D eigenvalue weighted by molar-refractivity contribution is 0.986. The molecule has 0 saturated heterocycles. The van der Waals surface area contributed by atoms with Crippen molar-refractivity contribution in [2.24, 2.45) is 0 Å². The van der Waals surface area contributed by atoms with Crippen molar-refractivity contribution in [2.45, 2.75) is 6.42 Å². The molecule has 0 bridgehead atoms. The number of hydrogen-bond acceptors (Lipinski definition) is 5. The molecule has 1 aromatic rings.